The van der Waals surface area contributed by atoms with Crippen molar-refractivity contribution in [3.05, 3.63) is 29.8 Å². The molecular formula is C15H21NO3S. The van der Waals surface area contributed by atoms with Crippen molar-refractivity contribution in [3.63, 3.8) is 0 Å². The largest absolute Gasteiger partial charge is 0.352 e. The minimum absolute atomic E-state index is 0.143. The Kier molecular flexibility index (Phi) is 4.81. The van der Waals surface area contributed by atoms with Crippen LogP contribution in [0.1, 0.15) is 37.7 Å². The monoisotopic (exact) mass is 295 g/mol. The van der Waals surface area contributed by atoms with E-state index in [9.17, 15) is 13.2 Å². The van der Waals surface area contributed by atoms with E-state index in [0.717, 1.165) is 31.2 Å². The van der Waals surface area contributed by atoms with Crippen molar-refractivity contribution in [2.45, 2.75) is 50.0 Å². The Balaban J connectivity index is 1.99. The van der Waals surface area contributed by atoms with Gasteiger partial charge >= 0.3 is 0 Å². The van der Waals surface area contributed by atoms with E-state index in [1.54, 1.807) is 12.1 Å². The van der Waals surface area contributed by atoms with E-state index in [4.69, 9.17) is 0 Å². The second-order valence-corrected chi connectivity index (χ2v) is 7.47. The molecule has 1 amide bonds. The summed E-state index contributed by atoms with van der Waals surface area (Å²) >= 11 is 0. The van der Waals surface area contributed by atoms with Crippen LogP contribution in [0.15, 0.2) is 29.2 Å². The maximum Gasteiger partial charge on any atom is 0.235 e. The van der Waals surface area contributed by atoms with Crippen LogP contribution in [0.4, 0.5) is 0 Å². The van der Waals surface area contributed by atoms with Crippen LogP contribution in [0.3, 0.4) is 0 Å². The molecule has 0 aromatic heterocycles. The van der Waals surface area contributed by atoms with E-state index < -0.39 is 21.5 Å². The van der Waals surface area contributed by atoms with Crippen molar-refractivity contribution in [2.75, 3.05) is 5.75 Å². The number of hydrogen-bond acceptors (Lipinski definition) is 3. The molecule has 0 spiro atoms. The molecule has 0 radical (unpaired) electrons. The molecule has 20 heavy (non-hydrogen) atoms. The third-order valence-corrected chi connectivity index (χ3v) is 5.25. The lowest BCUT2D eigenvalue weighted by molar-refractivity contribution is -0.119. The molecule has 5 heteroatoms. The minimum atomic E-state index is -3.54. The number of benzene rings is 1. The lowest BCUT2D eigenvalue weighted by Crippen LogP contribution is -2.39. The van der Waals surface area contributed by atoms with Crippen LogP contribution >= 0.6 is 0 Å². The second-order valence-electron chi connectivity index (χ2n) is 5.48. The summed E-state index contributed by atoms with van der Waals surface area (Å²) in [6.45, 7) is 1.83. The standard InChI is InChI=1S/C15H21NO3S/c1-12-6-5-9-14(10-12)20(18,19)11-15(17)16-13-7-3-2-4-8-13/h5-6,9-10,13H,2-4,7-8,11H2,1H3,(H,16,17). The summed E-state index contributed by atoms with van der Waals surface area (Å²) in [4.78, 5) is 12.1. The van der Waals surface area contributed by atoms with Gasteiger partial charge in [-0.25, -0.2) is 8.42 Å². The first-order valence-electron chi connectivity index (χ1n) is 7.06. The lowest BCUT2D eigenvalue weighted by Gasteiger charge is -2.22. The van der Waals surface area contributed by atoms with Gasteiger partial charge in [-0.1, -0.05) is 31.4 Å². The molecule has 1 saturated carbocycles. The fourth-order valence-electron chi connectivity index (χ4n) is 2.58. The van der Waals surface area contributed by atoms with E-state index in [0.29, 0.717) is 0 Å². The normalized spacial score (nSPS) is 16.9. The average Bonchev–Trinajstić information content (AvgIpc) is 2.39. The third-order valence-electron chi connectivity index (χ3n) is 3.64. The van der Waals surface area contributed by atoms with Gasteiger partial charge < -0.3 is 5.32 Å². The first-order valence-corrected chi connectivity index (χ1v) is 8.71. The van der Waals surface area contributed by atoms with Crippen LogP contribution < -0.4 is 5.32 Å². The zero-order valence-corrected chi connectivity index (χ0v) is 12.6. The van der Waals surface area contributed by atoms with Crippen LogP contribution in [-0.2, 0) is 14.6 Å². The summed E-state index contributed by atoms with van der Waals surface area (Å²) < 4.78 is 24.4. The predicted octanol–water partition coefficient (Wildman–Crippen LogP) is 2.22. The van der Waals surface area contributed by atoms with Gasteiger partial charge in [0, 0.05) is 6.04 Å². The number of rotatable bonds is 4. The summed E-state index contributed by atoms with van der Waals surface area (Å²) in [7, 11) is -3.54. The molecule has 0 saturated heterocycles. The fourth-order valence-corrected chi connectivity index (χ4v) is 3.83. The molecule has 4 nitrogen and oxygen atoms in total. The van der Waals surface area contributed by atoms with E-state index >= 15 is 0 Å². The Morgan fingerprint density at radius 1 is 1.25 bits per heavy atom. The zero-order chi connectivity index (χ0) is 14.6. The van der Waals surface area contributed by atoms with E-state index in [1.165, 1.54) is 12.5 Å². The number of amides is 1. The highest BCUT2D eigenvalue weighted by atomic mass is 32.2. The lowest BCUT2D eigenvalue weighted by atomic mass is 9.95. The van der Waals surface area contributed by atoms with Crippen LogP contribution in [0, 0.1) is 6.92 Å². The molecule has 2 rings (SSSR count). The molecular weight excluding hydrogens is 274 g/mol. The van der Waals surface area contributed by atoms with Gasteiger partial charge in [-0.2, -0.15) is 0 Å². The molecule has 1 aromatic rings. The van der Waals surface area contributed by atoms with E-state index in [2.05, 4.69) is 5.32 Å². The number of sulfone groups is 1. The van der Waals surface area contributed by atoms with Crippen molar-refractivity contribution >= 4 is 15.7 Å². The quantitative estimate of drug-likeness (QED) is 0.926. The molecule has 0 bridgehead atoms. The number of hydrogen-bond donors (Lipinski definition) is 1. The number of carbonyl (C=O) groups is 1. The number of carbonyl (C=O) groups excluding carboxylic acids is 1. The fraction of sp³-hybridized carbons (Fsp3) is 0.533. The molecule has 1 aromatic carbocycles. The maximum atomic E-state index is 12.2. The molecule has 1 fully saturated rings. The molecule has 0 aliphatic heterocycles. The minimum Gasteiger partial charge on any atom is -0.352 e. The van der Waals surface area contributed by atoms with Gasteiger partial charge in [0.25, 0.3) is 0 Å². The van der Waals surface area contributed by atoms with Crippen molar-refractivity contribution in [1.29, 1.82) is 0 Å². The van der Waals surface area contributed by atoms with E-state index in [-0.39, 0.29) is 10.9 Å². The van der Waals surface area contributed by atoms with Gasteiger partial charge in [-0.15, -0.1) is 0 Å². The molecule has 1 aliphatic carbocycles. The number of nitrogens with one attached hydrogen (secondary N) is 1. The Morgan fingerprint density at radius 2 is 1.95 bits per heavy atom. The smallest absolute Gasteiger partial charge is 0.235 e. The van der Waals surface area contributed by atoms with Gasteiger partial charge in [0.2, 0.25) is 5.91 Å². The molecule has 1 N–H and O–H groups in total. The maximum absolute atomic E-state index is 12.2. The SMILES string of the molecule is Cc1cccc(S(=O)(=O)CC(=O)NC2CCCCC2)c1. The van der Waals surface area contributed by atoms with Crippen molar-refractivity contribution in [1.82, 2.24) is 5.32 Å². The Labute approximate surface area is 120 Å². The summed E-state index contributed by atoms with van der Waals surface area (Å²) in [6, 6.07) is 6.81. The van der Waals surface area contributed by atoms with Crippen LogP contribution in [-0.4, -0.2) is 26.1 Å². The topological polar surface area (TPSA) is 63.2 Å². The zero-order valence-electron chi connectivity index (χ0n) is 11.8. The molecule has 0 heterocycles. The van der Waals surface area contributed by atoms with Gasteiger partial charge in [0.15, 0.2) is 9.84 Å². The van der Waals surface area contributed by atoms with Gasteiger partial charge in [-0.05, 0) is 37.5 Å². The van der Waals surface area contributed by atoms with Crippen molar-refractivity contribution < 1.29 is 13.2 Å². The molecule has 1 aliphatic rings. The second kappa shape index (κ2) is 6.39. The Bertz CT molecular complexity index is 575. The van der Waals surface area contributed by atoms with Crippen LogP contribution in [0.5, 0.6) is 0 Å². The molecule has 110 valence electrons. The van der Waals surface area contributed by atoms with Gasteiger partial charge in [-0.3, -0.25) is 4.79 Å². The summed E-state index contributed by atoms with van der Waals surface area (Å²) in [6.07, 6.45) is 5.32. The highest BCUT2D eigenvalue weighted by molar-refractivity contribution is 7.92. The Hall–Kier alpha value is -1.36. The first-order chi connectivity index (χ1) is 9.47. The predicted molar refractivity (Wildman–Crippen MR) is 78.2 cm³/mol. The number of aryl methyl sites for hydroxylation is 1. The summed E-state index contributed by atoms with van der Waals surface area (Å²) in [5, 5.41) is 2.84. The molecule has 0 atom stereocenters. The highest BCUT2D eigenvalue weighted by Crippen LogP contribution is 2.18. The highest BCUT2D eigenvalue weighted by Gasteiger charge is 2.22. The van der Waals surface area contributed by atoms with Crippen molar-refractivity contribution in [3.8, 4) is 0 Å². The van der Waals surface area contributed by atoms with E-state index in [1.807, 2.05) is 13.0 Å². The average molecular weight is 295 g/mol. The van der Waals surface area contributed by atoms with Crippen LogP contribution in [0.2, 0.25) is 0 Å². The van der Waals surface area contributed by atoms with Gasteiger partial charge in [0.1, 0.15) is 5.75 Å². The molecule has 0 unspecified atom stereocenters. The summed E-state index contributed by atoms with van der Waals surface area (Å²) in [5.41, 5.74) is 0.874. The Morgan fingerprint density at radius 3 is 2.60 bits per heavy atom. The first kappa shape index (κ1) is 15.0. The van der Waals surface area contributed by atoms with Gasteiger partial charge in [0.05, 0.1) is 4.90 Å². The third kappa shape index (κ3) is 4.07. The summed E-state index contributed by atoms with van der Waals surface area (Å²) in [5.74, 6) is -0.856. The van der Waals surface area contributed by atoms with Crippen molar-refractivity contribution in [2.24, 2.45) is 0 Å². The van der Waals surface area contributed by atoms with Crippen LogP contribution in [0.25, 0.3) is 0 Å².